The van der Waals surface area contributed by atoms with Gasteiger partial charge in [-0.1, -0.05) is 0 Å². The Balaban J connectivity index is 0.00000243. The van der Waals surface area contributed by atoms with Gasteiger partial charge in [-0.3, -0.25) is 4.98 Å². The molecule has 1 aliphatic heterocycles. The molecule has 26 heavy (non-hydrogen) atoms. The zero-order chi connectivity index (χ0) is 17.8. The Morgan fingerprint density at radius 1 is 1.27 bits per heavy atom. The lowest BCUT2D eigenvalue weighted by Gasteiger charge is -2.30. The lowest BCUT2D eigenvalue weighted by atomic mass is 9.97. The first-order valence-electron chi connectivity index (χ1n) is 8.57. The van der Waals surface area contributed by atoms with Gasteiger partial charge >= 0.3 is 6.03 Å². The minimum absolute atomic E-state index is 0. The van der Waals surface area contributed by atoms with E-state index in [0.717, 1.165) is 29.1 Å². The average Bonchev–Trinajstić information content (AvgIpc) is 2.60. The first-order chi connectivity index (χ1) is 12.0. The Labute approximate surface area is 160 Å². The van der Waals surface area contributed by atoms with Crippen molar-refractivity contribution in [3.05, 3.63) is 46.9 Å². The van der Waals surface area contributed by atoms with Crippen LogP contribution < -0.4 is 10.6 Å². The predicted molar refractivity (Wildman–Crippen MR) is 103 cm³/mol. The van der Waals surface area contributed by atoms with E-state index in [2.05, 4.69) is 25.8 Å². The average molecular weight is 377 g/mol. The second kappa shape index (κ2) is 8.80. The minimum atomic E-state index is -0.0147. The topological polar surface area (TPSA) is 83.0 Å². The largest absolute Gasteiger partial charge is 0.364 e. The number of amides is 2. The van der Waals surface area contributed by atoms with Crippen molar-refractivity contribution in [1.82, 2.24) is 25.4 Å². The Morgan fingerprint density at radius 2 is 2.08 bits per heavy atom. The normalized spacial score (nSPS) is 13.0. The highest BCUT2D eigenvalue weighted by molar-refractivity contribution is 5.85. The van der Waals surface area contributed by atoms with Crippen LogP contribution in [0.2, 0.25) is 0 Å². The number of hydrogen-bond acceptors (Lipinski definition) is 5. The van der Waals surface area contributed by atoms with Gasteiger partial charge < -0.3 is 15.5 Å². The molecule has 3 heterocycles. The van der Waals surface area contributed by atoms with Crippen molar-refractivity contribution < 1.29 is 4.79 Å². The molecule has 2 aromatic heterocycles. The van der Waals surface area contributed by atoms with E-state index in [0.29, 0.717) is 19.6 Å². The van der Waals surface area contributed by atoms with Crippen molar-refractivity contribution in [2.45, 2.75) is 46.3 Å². The molecule has 2 N–H and O–H groups in total. The van der Waals surface area contributed by atoms with Crippen LogP contribution in [0.1, 0.15) is 36.2 Å². The van der Waals surface area contributed by atoms with Crippen LogP contribution in [0.15, 0.2) is 24.5 Å². The smallest absolute Gasteiger partial charge is 0.317 e. The van der Waals surface area contributed by atoms with Crippen LogP contribution in [0.4, 0.5) is 10.6 Å². The maximum absolute atomic E-state index is 12.2. The summed E-state index contributed by atoms with van der Waals surface area (Å²) in [6, 6.07) is 3.97. The standard InChI is InChI=1S/C18H24N6O.ClH/c1-12(2)21-18(25)24-7-6-16-14(8-19-9-15(16)11-24)10-20-17-5-4-13(3)22-23-17;/h4-5,8-9,12H,6-7,10-11H2,1-3H3,(H,20,23)(H,21,25);1H. The third-order valence-electron chi connectivity index (χ3n) is 4.19. The molecule has 0 aliphatic carbocycles. The molecular formula is C18H25ClN6O. The highest BCUT2D eigenvalue weighted by Gasteiger charge is 2.23. The van der Waals surface area contributed by atoms with Gasteiger partial charge in [-0.15, -0.1) is 17.5 Å². The van der Waals surface area contributed by atoms with Crippen LogP contribution in [0, 0.1) is 6.92 Å². The molecule has 8 heteroatoms. The highest BCUT2D eigenvalue weighted by Crippen LogP contribution is 2.22. The van der Waals surface area contributed by atoms with Gasteiger partial charge in [-0.05, 0) is 56.0 Å². The molecule has 0 saturated carbocycles. The second-order valence-electron chi connectivity index (χ2n) is 6.63. The van der Waals surface area contributed by atoms with E-state index in [1.165, 1.54) is 5.56 Å². The fourth-order valence-corrected chi connectivity index (χ4v) is 2.91. The maximum atomic E-state index is 12.2. The van der Waals surface area contributed by atoms with Crippen molar-refractivity contribution in [2.24, 2.45) is 0 Å². The van der Waals surface area contributed by atoms with Crippen LogP contribution in [-0.2, 0) is 19.5 Å². The molecule has 140 valence electrons. The monoisotopic (exact) mass is 376 g/mol. The lowest BCUT2D eigenvalue weighted by Crippen LogP contribution is -2.45. The summed E-state index contributed by atoms with van der Waals surface area (Å²) in [5.41, 5.74) is 4.42. The number of hydrogen-bond donors (Lipinski definition) is 2. The van der Waals surface area contributed by atoms with Crippen LogP contribution in [0.3, 0.4) is 0 Å². The van der Waals surface area contributed by atoms with Gasteiger partial charge in [0.15, 0.2) is 0 Å². The molecule has 7 nitrogen and oxygen atoms in total. The number of halogens is 1. The first kappa shape index (κ1) is 19.9. The van der Waals surface area contributed by atoms with Gasteiger partial charge in [0, 0.05) is 38.1 Å². The lowest BCUT2D eigenvalue weighted by molar-refractivity contribution is 0.189. The molecule has 0 spiro atoms. The molecule has 0 fully saturated rings. The number of anilines is 1. The summed E-state index contributed by atoms with van der Waals surface area (Å²) in [5.74, 6) is 0.747. The molecule has 0 aromatic carbocycles. The van der Waals surface area contributed by atoms with E-state index < -0.39 is 0 Å². The zero-order valence-corrected chi connectivity index (χ0v) is 16.1. The van der Waals surface area contributed by atoms with Crippen LogP contribution in [-0.4, -0.2) is 38.7 Å². The number of carbonyl (C=O) groups excluding carboxylic acids is 1. The predicted octanol–water partition coefficient (Wildman–Crippen LogP) is 2.69. The summed E-state index contributed by atoms with van der Waals surface area (Å²) < 4.78 is 0. The molecule has 0 saturated heterocycles. The van der Waals surface area contributed by atoms with E-state index in [4.69, 9.17) is 0 Å². The fraction of sp³-hybridized carbons (Fsp3) is 0.444. The summed E-state index contributed by atoms with van der Waals surface area (Å²) in [7, 11) is 0. The van der Waals surface area contributed by atoms with Crippen molar-refractivity contribution in [2.75, 3.05) is 11.9 Å². The van der Waals surface area contributed by atoms with Gasteiger partial charge in [0.1, 0.15) is 5.82 Å². The number of rotatable bonds is 4. The third-order valence-corrected chi connectivity index (χ3v) is 4.19. The molecule has 0 unspecified atom stereocenters. The number of pyridine rings is 1. The summed E-state index contributed by atoms with van der Waals surface area (Å²) in [5, 5.41) is 14.4. The van der Waals surface area contributed by atoms with E-state index in [-0.39, 0.29) is 24.5 Å². The molecular weight excluding hydrogens is 352 g/mol. The van der Waals surface area contributed by atoms with Crippen LogP contribution in [0.5, 0.6) is 0 Å². The van der Waals surface area contributed by atoms with Gasteiger partial charge in [0.2, 0.25) is 0 Å². The van der Waals surface area contributed by atoms with E-state index in [1.54, 1.807) is 0 Å². The molecule has 0 radical (unpaired) electrons. The number of nitrogens with one attached hydrogen (secondary N) is 2. The van der Waals surface area contributed by atoms with Gasteiger partial charge in [0.25, 0.3) is 0 Å². The van der Waals surface area contributed by atoms with E-state index in [1.807, 2.05) is 50.2 Å². The summed E-state index contributed by atoms with van der Waals surface area (Å²) >= 11 is 0. The molecule has 2 aromatic rings. The van der Waals surface area contributed by atoms with Crippen molar-refractivity contribution in [1.29, 1.82) is 0 Å². The molecule has 2 amide bonds. The summed E-state index contributed by atoms with van der Waals surface area (Å²) in [6.07, 6.45) is 4.58. The van der Waals surface area contributed by atoms with Crippen LogP contribution in [0.25, 0.3) is 0 Å². The van der Waals surface area contributed by atoms with Crippen molar-refractivity contribution in [3.8, 4) is 0 Å². The molecule has 3 rings (SSSR count). The highest BCUT2D eigenvalue weighted by atomic mass is 35.5. The maximum Gasteiger partial charge on any atom is 0.317 e. The van der Waals surface area contributed by atoms with E-state index >= 15 is 0 Å². The fourth-order valence-electron chi connectivity index (χ4n) is 2.91. The third kappa shape index (κ3) is 4.82. The van der Waals surface area contributed by atoms with Gasteiger partial charge in [-0.25, -0.2) is 4.79 Å². The number of nitrogens with zero attached hydrogens (tertiary/aromatic N) is 4. The SMILES string of the molecule is Cc1ccc(NCc2cncc3c2CCN(C(=O)NC(C)C)C3)nn1.Cl. The quantitative estimate of drug-likeness (QED) is 0.857. The second-order valence-corrected chi connectivity index (χ2v) is 6.63. The number of fused-ring (bicyclic) bond motifs is 1. The Kier molecular flexibility index (Phi) is 6.74. The first-order valence-corrected chi connectivity index (χ1v) is 8.57. The number of carbonyl (C=O) groups is 1. The van der Waals surface area contributed by atoms with Gasteiger partial charge in [-0.2, -0.15) is 5.10 Å². The number of aromatic nitrogens is 3. The Bertz CT molecular complexity index is 750. The molecule has 0 atom stereocenters. The number of urea groups is 1. The summed E-state index contributed by atoms with van der Waals surface area (Å²) in [4.78, 5) is 18.4. The van der Waals surface area contributed by atoms with Gasteiger partial charge in [0.05, 0.1) is 5.69 Å². The minimum Gasteiger partial charge on any atom is -0.364 e. The molecule has 0 bridgehead atoms. The van der Waals surface area contributed by atoms with Crippen molar-refractivity contribution >= 4 is 24.3 Å². The Morgan fingerprint density at radius 3 is 2.77 bits per heavy atom. The zero-order valence-electron chi connectivity index (χ0n) is 15.3. The van der Waals surface area contributed by atoms with Crippen molar-refractivity contribution in [3.63, 3.8) is 0 Å². The molecule has 1 aliphatic rings. The Hall–Kier alpha value is -2.41. The number of aryl methyl sites for hydroxylation is 1. The van der Waals surface area contributed by atoms with E-state index in [9.17, 15) is 4.79 Å². The van der Waals surface area contributed by atoms with Crippen LogP contribution >= 0.6 is 12.4 Å². The summed E-state index contributed by atoms with van der Waals surface area (Å²) in [6.45, 7) is 7.80.